The summed E-state index contributed by atoms with van der Waals surface area (Å²) in [7, 11) is 0. The Bertz CT molecular complexity index is 545. The molecule has 0 bridgehead atoms. The van der Waals surface area contributed by atoms with E-state index in [0.717, 1.165) is 12.8 Å². The van der Waals surface area contributed by atoms with Gasteiger partial charge in [-0.05, 0) is 36.5 Å². The minimum Gasteiger partial charge on any atom is -0.326 e. The molecule has 2 amide bonds. The number of nitrogens with one attached hydrogen (secondary N) is 2. The average molecular weight is 289 g/mol. The van der Waals surface area contributed by atoms with Gasteiger partial charge in [0.15, 0.2) is 0 Å². The molecule has 1 saturated carbocycles. The molecule has 1 aromatic rings. The highest BCUT2D eigenvalue weighted by molar-refractivity contribution is 5.97. The maximum absolute atomic E-state index is 12.1. The quantitative estimate of drug-likeness (QED) is 0.795. The number of hydrogen-bond acceptors (Lipinski definition) is 3. The molecule has 0 unspecified atom stereocenters. The van der Waals surface area contributed by atoms with Gasteiger partial charge in [0.2, 0.25) is 11.8 Å². The van der Waals surface area contributed by atoms with E-state index in [9.17, 15) is 9.59 Å². The van der Waals surface area contributed by atoms with Crippen LogP contribution in [0.25, 0.3) is 0 Å². The van der Waals surface area contributed by atoms with Crippen molar-refractivity contribution in [3.05, 3.63) is 24.3 Å². The lowest BCUT2D eigenvalue weighted by Gasteiger charge is -2.25. The van der Waals surface area contributed by atoms with Crippen molar-refractivity contribution in [3.63, 3.8) is 0 Å². The minimum atomic E-state index is -0.595. The first-order chi connectivity index (χ1) is 9.77. The summed E-state index contributed by atoms with van der Waals surface area (Å²) < 4.78 is 0. The first-order valence-electron chi connectivity index (χ1n) is 7.25. The second-order valence-electron chi connectivity index (χ2n) is 6.68. The van der Waals surface area contributed by atoms with Crippen molar-refractivity contribution >= 4 is 23.2 Å². The van der Waals surface area contributed by atoms with Gasteiger partial charge in [-0.3, -0.25) is 9.59 Å². The number of anilines is 2. The fourth-order valence-corrected chi connectivity index (χ4v) is 1.88. The lowest BCUT2D eigenvalue weighted by Crippen LogP contribution is -2.45. The van der Waals surface area contributed by atoms with E-state index in [4.69, 9.17) is 5.73 Å². The molecule has 5 nitrogen and oxygen atoms in total. The van der Waals surface area contributed by atoms with Crippen molar-refractivity contribution in [3.8, 4) is 0 Å². The number of benzene rings is 1. The Balaban J connectivity index is 2.00. The molecule has 1 atom stereocenters. The van der Waals surface area contributed by atoms with Crippen LogP contribution in [0.3, 0.4) is 0 Å². The Labute approximate surface area is 125 Å². The van der Waals surface area contributed by atoms with Crippen LogP contribution in [0, 0.1) is 11.3 Å². The summed E-state index contributed by atoms with van der Waals surface area (Å²) in [6, 6.07) is 6.52. The molecular formula is C16H23N3O2. The Hall–Kier alpha value is -1.88. The fraction of sp³-hybridized carbons (Fsp3) is 0.500. The number of hydrogen-bond donors (Lipinski definition) is 3. The minimum absolute atomic E-state index is 0.0462. The van der Waals surface area contributed by atoms with Crippen LogP contribution in [-0.2, 0) is 9.59 Å². The smallest absolute Gasteiger partial charge is 0.241 e. The molecule has 0 spiro atoms. The molecule has 0 heterocycles. The van der Waals surface area contributed by atoms with Crippen LogP contribution in [0.5, 0.6) is 0 Å². The van der Waals surface area contributed by atoms with Crippen molar-refractivity contribution in [1.82, 2.24) is 0 Å². The fourth-order valence-electron chi connectivity index (χ4n) is 1.88. The van der Waals surface area contributed by atoms with E-state index >= 15 is 0 Å². The van der Waals surface area contributed by atoms with Crippen molar-refractivity contribution in [2.75, 3.05) is 10.6 Å². The Morgan fingerprint density at radius 1 is 1.19 bits per heavy atom. The van der Waals surface area contributed by atoms with E-state index < -0.39 is 6.04 Å². The summed E-state index contributed by atoms with van der Waals surface area (Å²) in [5.74, 6) is -0.0319. The molecule has 4 N–H and O–H groups in total. The molecule has 0 aliphatic heterocycles. The molecule has 0 saturated heterocycles. The first-order valence-corrected chi connectivity index (χ1v) is 7.25. The molecule has 114 valence electrons. The molecule has 0 aromatic heterocycles. The molecular weight excluding hydrogens is 266 g/mol. The zero-order valence-electron chi connectivity index (χ0n) is 12.8. The van der Waals surface area contributed by atoms with Gasteiger partial charge in [-0.25, -0.2) is 0 Å². The van der Waals surface area contributed by atoms with E-state index in [-0.39, 0.29) is 23.1 Å². The Morgan fingerprint density at radius 2 is 1.76 bits per heavy atom. The second-order valence-corrected chi connectivity index (χ2v) is 6.68. The lowest BCUT2D eigenvalue weighted by molar-refractivity contribution is -0.119. The number of carbonyl (C=O) groups excluding carboxylic acids is 2. The summed E-state index contributed by atoms with van der Waals surface area (Å²) in [5, 5.41) is 5.65. The third-order valence-electron chi connectivity index (χ3n) is 3.56. The Morgan fingerprint density at radius 3 is 2.29 bits per heavy atom. The molecule has 1 fully saturated rings. The largest absolute Gasteiger partial charge is 0.326 e. The normalized spacial score (nSPS) is 16.2. The third kappa shape index (κ3) is 4.29. The summed E-state index contributed by atoms with van der Waals surface area (Å²) in [4.78, 5) is 23.8. The summed E-state index contributed by atoms with van der Waals surface area (Å²) in [6.07, 6.45) is 1.92. The van der Waals surface area contributed by atoms with Crippen LogP contribution >= 0.6 is 0 Å². The highest BCUT2D eigenvalue weighted by Gasteiger charge is 2.30. The molecule has 21 heavy (non-hydrogen) atoms. The predicted molar refractivity (Wildman–Crippen MR) is 83.9 cm³/mol. The van der Waals surface area contributed by atoms with Crippen LogP contribution in [0.1, 0.15) is 33.6 Å². The van der Waals surface area contributed by atoms with Crippen LogP contribution in [-0.4, -0.2) is 17.9 Å². The van der Waals surface area contributed by atoms with Crippen molar-refractivity contribution in [2.45, 2.75) is 39.7 Å². The molecule has 0 radical (unpaired) electrons. The van der Waals surface area contributed by atoms with E-state index in [2.05, 4.69) is 10.6 Å². The number of carbonyl (C=O) groups is 2. The van der Waals surface area contributed by atoms with Gasteiger partial charge < -0.3 is 16.4 Å². The van der Waals surface area contributed by atoms with E-state index in [1.54, 1.807) is 24.3 Å². The van der Waals surface area contributed by atoms with E-state index in [0.29, 0.717) is 11.4 Å². The number of amides is 2. The van der Waals surface area contributed by atoms with Gasteiger partial charge in [0, 0.05) is 17.3 Å². The molecule has 1 aliphatic carbocycles. The zero-order chi connectivity index (χ0) is 15.6. The van der Waals surface area contributed by atoms with Gasteiger partial charge >= 0.3 is 0 Å². The van der Waals surface area contributed by atoms with Gasteiger partial charge in [-0.1, -0.05) is 26.8 Å². The van der Waals surface area contributed by atoms with Gasteiger partial charge in [-0.15, -0.1) is 0 Å². The average Bonchev–Trinajstić information content (AvgIpc) is 3.21. The molecule has 1 aliphatic rings. The first kappa shape index (κ1) is 15.5. The van der Waals surface area contributed by atoms with Crippen LogP contribution in [0.2, 0.25) is 0 Å². The van der Waals surface area contributed by atoms with E-state index in [1.165, 1.54) is 0 Å². The Kier molecular flexibility index (Phi) is 4.32. The van der Waals surface area contributed by atoms with Crippen LogP contribution in [0.15, 0.2) is 24.3 Å². The molecule has 1 aromatic carbocycles. The van der Waals surface area contributed by atoms with Crippen LogP contribution < -0.4 is 16.4 Å². The predicted octanol–water partition coefficient (Wildman–Crippen LogP) is 2.35. The van der Waals surface area contributed by atoms with Gasteiger partial charge in [0.25, 0.3) is 0 Å². The maximum Gasteiger partial charge on any atom is 0.241 e. The summed E-state index contributed by atoms with van der Waals surface area (Å²) in [6.45, 7) is 5.76. The summed E-state index contributed by atoms with van der Waals surface area (Å²) in [5.41, 5.74) is 6.95. The standard InChI is InChI=1S/C16H23N3O2/c1-16(2,3)13(17)15(21)19-12-6-4-5-11(9-12)18-14(20)10-7-8-10/h4-6,9-10,13H,7-8,17H2,1-3H3,(H,18,20)(H,19,21)/t13-/m0/s1. The zero-order valence-corrected chi connectivity index (χ0v) is 12.8. The number of nitrogens with two attached hydrogens (primary N) is 1. The maximum atomic E-state index is 12.1. The highest BCUT2D eigenvalue weighted by Crippen LogP contribution is 2.30. The third-order valence-corrected chi connectivity index (χ3v) is 3.56. The molecule has 2 rings (SSSR count). The van der Waals surface area contributed by atoms with Crippen molar-refractivity contribution < 1.29 is 9.59 Å². The van der Waals surface area contributed by atoms with Gasteiger partial charge in [-0.2, -0.15) is 0 Å². The van der Waals surface area contributed by atoms with Gasteiger partial charge in [0.05, 0.1) is 6.04 Å². The SMILES string of the molecule is CC(C)(C)[C@@H](N)C(=O)Nc1cccc(NC(=O)C2CC2)c1. The van der Waals surface area contributed by atoms with Crippen molar-refractivity contribution in [2.24, 2.45) is 17.1 Å². The lowest BCUT2D eigenvalue weighted by atomic mass is 9.87. The van der Waals surface area contributed by atoms with Gasteiger partial charge in [0.1, 0.15) is 0 Å². The molecule has 5 heteroatoms. The monoisotopic (exact) mass is 289 g/mol. The van der Waals surface area contributed by atoms with Crippen LogP contribution in [0.4, 0.5) is 11.4 Å². The topological polar surface area (TPSA) is 84.2 Å². The van der Waals surface area contributed by atoms with Crippen molar-refractivity contribution in [1.29, 1.82) is 0 Å². The second kappa shape index (κ2) is 5.85. The summed E-state index contributed by atoms with van der Waals surface area (Å²) >= 11 is 0. The highest BCUT2D eigenvalue weighted by atomic mass is 16.2. The van der Waals surface area contributed by atoms with E-state index in [1.807, 2.05) is 20.8 Å². The number of rotatable bonds is 4.